The number of carbonyl (C=O) groups excluding carboxylic acids is 1. The van der Waals surface area contributed by atoms with Gasteiger partial charge in [0.15, 0.2) is 6.10 Å². The zero-order chi connectivity index (χ0) is 21.3. The lowest BCUT2D eigenvalue weighted by atomic mass is 10.2. The molecule has 0 fully saturated rings. The van der Waals surface area contributed by atoms with Crippen molar-refractivity contribution in [2.24, 2.45) is 0 Å². The lowest BCUT2D eigenvalue weighted by molar-refractivity contribution is -0.122. The zero-order valence-corrected chi connectivity index (χ0v) is 17.7. The Balaban J connectivity index is 1.68. The first-order valence-corrected chi connectivity index (χ1v) is 11.1. The number of amides is 1. The lowest BCUT2D eigenvalue weighted by Crippen LogP contribution is -2.48. The summed E-state index contributed by atoms with van der Waals surface area (Å²) in [6, 6.07) is 20.2. The molecule has 0 spiro atoms. The van der Waals surface area contributed by atoms with Crippen molar-refractivity contribution in [1.82, 2.24) is 0 Å². The molecule has 1 aliphatic rings. The fraction of sp³-hybridized carbons (Fsp3) is 0.136. The van der Waals surface area contributed by atoms with Crippen LogP contribution in [0.15, 0.2) is 77.7 Å². The smallest absolute Gasteiger partial charge is 0.267 e. The van der Waals surface area contributed by atoms with E-state index in [0.717, 1.165) is 5.56 Å². The standard InChI is InChI=1S/C22H19ClN2O4S/c1-15-10-12-16(13-11-15)30(27,28)25-14-21(29-20-9-5-4-8-19(20)25)22(26)24-18-7-3-2-6-17(18)23/h2-13,21H,14H2,1H3,(H,24,26)/t21-/m1/s1. The average molecular weight is 443 g/mol. The van der Waals surface area contributed by atoms with E-state index in [4.69, 9.17) is 16.3 Å². The second-order valence-corrected chi connectivity index (χ2v) is 9.16. The van der Waals surface area contributed by atoms with Crippen LogP contribution in [-0.2, 0) is 14.8 Å². The summed E-state index contributed by atoms with van der Waals surface area (Å²) in [5, 5.41) is 3.09. The first-order chi connectivity index (χ1) is 14.4. The molecular weight excluding hydrogens is 424 g/mol. The van der Waals surface area contributed by atoms with Crippen molar-refractivity contribution in [3.05, 3.63) is 83.4 Å². The normalized spacial score (nSPS) is 15.8. The molecule has 3 aromatic carbocycles. The number of nitrogens with zero attached hydrogens (tertiary/aromatic N) is 1. The molecule has 154 valence electrons. The van der Waals surface area contributed by atoms with Gasteiger partial charge < -0.3 is 10.1 Å². The third-order valence-corrected chi connectivity index (χ3v) is 6.89. The average Bonchev–Trinajstić information content (AvgIpc) is 2.74. The molecule has 0 bridgehead atoms. The van der Waals surface area contributed by atoms with Crippen molar-refractivity contribution in [3.63, 3.8) is 0 Å². The number of fused-ring (bicyclic) bond motifs is 1. The molecule has 0 radical (unpaired) electrons. The molecule has 6 nitrogen and oxygen atoms in total. The van der Waals surface area contributed by atoms with Crippen LogP contribution in [0.4, 0.5) is 11.4 Å². The van der Waals surface area contributed by atoms with Gasteiger partial charge in [-0.3, -0.25) is 9.10 Å². The summed E-state index contributed by atoms with van der Waals surface area (Å²) < 4.78 is 33.8. The highest BCUT2D eigenvalue weighted by atomic mass is 35.5. The van der Waals surface area contributed by atoms with Crippen molar-refractivity contribution in [2.75, 3.05) is 16.2 Å². The topological polar surface area (TPSA) is 75.7 Å². The number of halogens is 1. The van der Waals surface area contributed by atoms with Gasteiger partial charge in [-0.1, -0.05) is 53.6 Å². The predicted molar refractivity (Wildman–Crippen MR) is 117 cm³/mol. The van der Waals surface area contributed by atoms with Crippen molar-refractivity contribution in [2.45, 2.75) is 17.9 Å². The SMILES string of the molecule is Cc1ccc(S(=O)(=O)N2C[C@H](C(=O)Nc3ccccc3Cl)Oc3ccccc32)cc1. The van der Waals surface area contributed by atoms with Gasteiger partial charge in [0.25, 0.3) is 15.9 Å². The van der Waals surface area contributed by atoms with Crippen molar-refractivity contribution in [3.8, 4) is 5.75 Å². The number of aryl methyl sites for hydroxylation is 1. The first kappa shape index (κ1) is 20.3. The summed E-state index contributed by atoms with van der Waals surface area (Å²) in [6.07, 6.45) is -1.05. The lowest BCUT2D eigenvalue weighted by Gasteiger charge is -2.34. The molecule has 1 aliphatic heterocycles. The molecule has 0 saturated heterocycles. The van der Waals surface area contributed by atoms with Gasteiger partial charge in [0, 0.05) is 0 Å². The number of para-hydroxylation sites is 3. The van der Waals surface area contributed by atoms with E-state index in [1.165, 1.54) is 4.31 Å². The maximum atomic E-state index is 13.4. The van der Waals surface area contributed by atoms with Crippen LogP contribution < -0.4 is 14.4 Å². The summed E-state index contributed by atoms with van der Waals surface area (Å²) in [5.74, 6) is -0.166. The number of nitrogens with one attached hydrogen (secondary N) is 1. The van der Waals surface area contributed by atoms with Crippen LogP contribution in [0.25, 0.3) is 0 Å². The van der Waals surface area contributed by atoms with Crippen LogP contribution in [0.3, 0.4) is 0 Å². The Morgan fingerprint density at radius 1 is 1.03 bits per heavy atom. The number of anilines is 2. The summed E-state index contributed by atoms with van der Waals surface area (Å²) in [7, 11) is -3.89. The van der Waals surface area contributed by atoms with E-state index in [1.54, 1.807) is 72.8 Å². The van der Waals surface area contributed by atoms with Gasteiger partial charge in [-0.05, 0) is 43.3 Å². The van der Waals surface area contributed by atoms with E-state index in [9.17, 15) is 13.2 Å². The molecule has 1 atom stereocenters. The summed E-state index contributed by atoms with van der Waals surface area (Å²) in [5.41, 5.74) is 1.77. The molecule has 1 N–H and O–H groups in total. The first-order valence-electron chi connectivity index (χ1n) is 9.27. The largest absolute Gasteiger partial charge is 0.476 e. The van der Waals surface area contributed by atoms with Crippen LogP contribution in [-0.4, -0.2) is 27.0 Å². The van der Waals surface area contributed by atoms with Crippen LogP contribution in [0.5, 0.6) is 5.75 Å². The third kappa shape index (κ3) is 3.86. The number of sulfonamides is 1. The maximum Gasteiger partial charge on any atom is 0.267 e. The van der Waals surface area contributed by atoms with Crippen LogP contribution in [0.1, 0.15) is 5.56 Å². The number of carbonyl (C=O) groups is 1. The Kier molecular flexibility index (Phi) is 5.40. The van der Waals surface area contributed by atoms with E-state index >= 15 is 0 Å². The summed E-state index contributed by atoms with van der Waals surface area (Å²) in [4.78, 5) is 13.0. The Morgan fingerprint density at radius 2 is 1.70 bits per heavy atom. The molecule has 0 saturated carbocycles. The Hall–Kier alpha value is -3.03. The number of benzene rings is 3. The van der Waals surface area contributed by atoms with E-state index < -0.39 is 22.0 Å². The molecule has 8 heteroatoms. The molecule has 1 amide bonds. The monoisotopic (exact) mass is 442 g/mol. The number of hydrogen-bond donors (Lipinski definition) is 1. The minimum atomic E-state index is -3.89. The highest BCUT2D eigenvalue weighted by Gasteiger charge is 2.37. The molecule has 30 heavy (non-hydrogen) atoms. The summed E-state index contributed by atoms with van der Waals surface area (Å²) >= 11 is 6.12. The van der Waals surface area contributed by atoms with E-state index in [0.29, 0.717) is 22.1 Å². The molecule has 1 heterocycles. The van der Waals surface area contributed by atoms with Gasteiger partial charge in [0.05, 0.1) is 27.8 Å². The molecule has 4 rings (SSSR count). The molecule has 0 unspecified atom stereocenters. The van der Waals surface area contributed by atoms with Crippen molar-refractivity contribution in [1.29, 1.82) is 0 Å². The Morgan fingerprint density at radius 3 is 2.43 bits per heavy atom. The number of ether oxygens (including phenoxy) is 1. The second-order valence-electron chi connectivity index (χ2n) is 6.89. The van der Waals surface area contributed by atoms with Gasteiger partial charge in [-0.25, -0.2) is 8.42 Å². The quantitative estimate of drug-likeness (QED) is 0.655. The van der Waals surface area contributed by atoms with E-state index in [2.05, 4.69) is 5.32 Å². The van der Waals surface area contributed by atoms with Crippen molar-refractivity contribution >= 4 is 38.9 Å². The minimum Gasteiger partial charge on any atom is -0.476 e. The van der Waals surface area contributed by atoms with E-state index in [-0.39, 0.29) is 11.4 Å². The maximum absolute atomic E-state index is 13.4. The number of rotatable bonds is 4. The van der Waals surface area contributed by atoms with Crippen LogP contribution in [0.2, 0.25) is 5.02 Å². The van der Waals surface area contributed by atoms with Gasteiger partial charge in [-0.15, -0.1) is 0 Å². The second kappa shape index (κ2) is 8.01. The van der Waals surface area contributed by atoms with Gasteiger partial charge in [0.1, 0.15) is 5.75 Å². The minimum absolute atomic E-state index is 0.148. The molecule has 0 aromatic heterocycles. The van der Waals surface area contributed by atoms with Crippen LogP contribution in [0, 0.1) is 6.92 Å². The van der Waals surface area contributed by atoms with Crippen LogP contribution >= 0.6 is 11.6 Å². The van der Waals surface area contributed by atoms with Crippen molar-refractivity contribution < 1.29 is 17.9 Å². The molecule has 3 aromatic rings. The third-order valence-electron chi connectivity index (χ3n) is 4.77. The van der Waals surface area contributed by atoms with E-state index in [1.807, 2.05) is 6.92 Å². The van der Waals surface area contributed by atoms with Gasteiger partial charge >= 0.3 is 0 Å². The number of hydrogen-bond acceptors (Lipinski definition) is 4. The predicted octanol–water partition coefficient (Wildman–Crippen LogP) is 4.24. The van der Waals surface area contributed by atoms with Gasteiger partial charge in [0.2, 0.25) is 0 Å². The Bertz CT molecular complexity index is 1200. The zero-order valence-electron chi connectivity index (χ0n) is 16.1. The fourth-order valence-electron chi connectivity index (χ4n) is 3.18. The van der Waals surface area contributed by atoms with Gasteiger partial charge in [-0.2, -0.15) is 0 Å². The highest BCUT2D eigenvalue weighted by molar-refractivity contribution is 7.92. The summed E-state index contributed by atoms with van der Waals surface area (Å²) in [6.45, 7) is 1.72. The highest BCUT2D eigenvalue weighted by Crippen LogP contribution is 2.37. The molecular formula is C22H19ClN2O4S. The molecule has 0 aliphatic carbocycles. The fourth-order valence-corrected chi connectivity index (χ4v) is 4.84. The Labute approximate surface area is 180 Å².